The van der Waals surface area contributed by atoms with Crippen LogP contribution in [-0.2, 0) is 16.1 Å². The summed E-state index contributed by atoms with van der Waals surface area (Å²) in [7, 11) is 1.63. The van der Waals surface area contributed by atoms with Crippen LogP contribution in [-0.4, -0.2) is 27.0 Å². The molecule has 7 heteroatoms. The molecular weight excluding hydrogens is 404 g/mol. The zero-order chi connectivity index (χ0) is 22.7. The van der Waals surface area contributed by atoms with Gasteiger partial charge in [-0.15, -0.1) is 0 Å². The van der Waals surface area contributed by atoms with Crippen molar-refractivity contribution >= 4 is 17.7 Å². The zero-order valence-corrected chi connectivity index (χ0v) is 18.1. The number of methoxy groups -OCH3 is 1. The number of hydrogen-bond donors (Lipinski definition) is 0. The van der Waals surface area contributed by atoms with E-state index < -0.39 is 5.97 Å². The second-order valence-electron chi connectivity index (χ2n) is 7.30. The van der Waals surface area contributed by atoms with Crippen molar-refractivity contribution in [1.82, 2.24) is 14.0 Å². The Kier molecular flexibility index (Phi) is 5.77. The number of imidazole rings is 1. The van der Waals surface area contributed by atoms with Gasteiger partial charge in [-0.2, -0.15) is 5.26 Å². The minimum absolute atomic E-state index is 0.00952. The van der Waals surface area contributed by atoms with Gasteiger partial charge in [-0.3, -0.25) is 0 Å². The molecule has 0 aliphatic heterocycles. The van der Waals surface area contributed by atoms with E-state index in [0.717, 1.165) is 34.0 Å². The molecule has 160 valence electrons. The summed E-state index contributed by atoms with van der Waals surface area (Å²) in [6.45, 7) is 3.91. The number of carbonyl (C=O) groups is 1. The predicted octanol–water partition coefficient (Wildman–Crippen LogP) is 4.40. The number of aryl methyl sites for hydroxylation is 1. The van der Waals surface area contributed by atoms with Crippen LogP contribution in [0.4, 0.5) is 0 Å². The SMILES string of the molecule is COc1ccc(-n2c(C)cc(/C=C(\C#N)C(=O)OCc3cn4ccccc4n3)c2C)cc1. The van der Waals surface area contributed by atoms with Crippen LogP contribution in [0.2, 0.25) is 0 Å². The van der Waals surface area contributed by atoms with Gasteiger partial charge in [0.15, 0.2) is 0 Å². The first-order valence-corrected chi connectivity index (χ1v) is 10.0. The molecule has 0 spiro atoms. The van der Waals surface area contributed by atoms with Crippen LogP contribution in [0.25, 0.3) is 17.4 Å². The third-order valence-electron chi connectivity index (χ3n) is 5.21. The number of esters is 1. The normalized spacial score (nSPS) is 11.4. The summed E-state index contributed by atoms with van der Waals surface area (Å²) in [4.78, 5) is 16.9. The van der Waals surface area contributed by atoms with Crippen molar-refractivity contribution in [3.63, 3.8) is 0 Å². The molecule has 3 heterocycles. The number of rotatable bonds is 6. The summed E-state index contributed by atoms with van der Waals surface area (Å²) in [6, 6.07) is 17.2. The Morgan fingerprint density at radius 2 is 1.97 bits per heavy atom. The summed E-state index contributed by atoms with van der Waals surface area (Å²) in [6.07, 6.45) is 5.22. The molecule has 0 N–H and O–H groups in total. The maximum absolute atomic E-state index is 12.5. The van der Waals surface area contributed by atoms with E-state index in [9.17, 15) is 10.1 Å². The molecule has 0 bridgehead atoms. The lowest BCUT2D eigenvalue weighted by Gasteiger charge is -2.10. The number of ether oxygens (including phenoxy) is 2. The van der Waals surface area contributed by atoms with Crippen LogP contribution in [0.5, 0.6) is 5.75 Å². The van der Waals surface area contributed by atoms with Crippen molar-refractivity contribution in [1.29, 1.82) is 5.26 Å². The maximum atomic E-state index is 12.5. The number of hydrogen-bond acceptors (Lipinski definition) is 5. The van der Waals surface area contributed by atoms with Crippen molar-refractivity contribution < 1.29 is 14.3 Å². The van der Waals surface area contributed by atoms with Gasteiger partial charge in [0.05, 0.1) is 12.8 Å². The quantitative estimate of drug-likeness (QED) is 0.259. The first-order valence-electron chi connectivity index (χ1n) is 10.0. The molecule has 0 atom stereocenters. The monoisotopic (exact) mass is 426 g/mol. The molecule has 0 aliphatic carbocycles. The van der Waals surface area contributed by atoms with Gasteiger partial charge in [-0.25, -0.2) is 9.78 Å². The topological polar surface area (TPSA) is 81.5 Å². The lowest BCUT2D eigenvalue weighted by Crippen LogP contribution is -2.07. The first kappa shape index (κ1) is 20.9. The standard InChI is InChI=1S/C25H22N4O3/c1-17-12-19(18(2)29(17)22-7-9-23(31-3)10-8-22)13-20(14-26)25(30)32-16-21-15-28-11-5-4-6-24(28)27-21/h4-13,15H,16H2,1-3H3/b20-13+. The first-order chi connectivity index (χ1) is 15.5. The van der Waals surface area contributed by atoms with Gasteiger partial charge in [0, 0.05) is 29.5 Å². The van der Waals surface area contributed by atoms with Gasteiger partial charge >= 0.3 is 5.97 Å². The van der Waals surface area contributed by atoms with E-state index in [1.54, 1.807) is 19.4 Å². The molecule has 7 nitrogen and oxygen atoms in total. The molecule has 0 unspecified atom stereocenters. The number of aromatic nitrogens is 3. The van der Waals surface area contributed by atoms with Crippen LogP contribution in [0.1, 0.15) is 22.6 Å². The Morgan fingerprint density at radius 3 is 2.66 bits per heavy atom. The maximum Gasteiger partial charge on any atom is 0.349 e. The predicted molar refractivity (Wildman–Crippen MR) is 120 cm³/mol. The third-order valence-corrected chi connectivity index (χ3v) is 5.21. The van der Waals surface area contributed by atoms with E-state index in [0.29, 0.717) is 5.69 Å². The number of nitrogens with zero attached hydrogens (tertiary/aromatic N) is 4. The second kappa shape index (κ2) is 8.82. The highest BCUT2D eigenvalue weighted by Gasteiger charge is 2.15. The van der Waals surface area contributed by atoms with Crippen molar-refractivity contribution in [2.75, 3.05) is 7.11 Å². The molecule has 0 fully saturated rings. The van der Waals surface area contributed by atoms with Crippen LogP contribution in [0.3, 0.4) is 0 Å². The van der Waals surface area contributed by atoms with Crippen molar-refractivity contribution in [2.45, 2.75) is 20.5 Å². The molecule has 3 aromatic heterocycles. The molecule has 0 aliphatic rings. The van der Waals surface area contributed by atoms with Crippen LogP contribution < -0.4 is 4.74 Å². The second-order valence-corrected chi connectivity index (χ2v) is 7.30. The summed E-state index contributed by atoms with van der Waals surface area (Å²) in [5.74, 6) is 0.0928. The van der Waals surface area contributed by atoms with E-state index in [-0.39, 0.29) is 12.2 Å². The van der Waals surface area contributed by atoms with Gasteiger partial charge in [0.1, 0.15) is 29.6 Å². The zero-order valence-electron chi connectivity index (χ0n) is 18.1. The summed E-state index contributed by atoms with van der Waals surface area (Å²) < 4.78 is 14.5. The summed E-state index contributed by atoms with van der Waals surface area (Å²) in [5, 5.41) is 9.55. The largest absolute Gasteiger partial charge is 0.497 e. The van der Waals surface area contributed by atoms with E-state index in [2.05, 4.69) is 9.55 Å². The van der Waals surface area contributed by atoms with Gasteiger partial charge < -0.3 is 18.4 Å². The lowest BCUT2D eigenvalue weighted by atomic mass is 10.1. The van der Waals surface area contributed by atoms with E-state index in [4.69, 9.17) is 9.47 Å². The average molecular weight is 426 g/mol. The van der Waals surface area contributed by atoms with E-state index in [1.165, 1.54) is 0 Å². The minimum Gasteiger partial charge on any atom is -0.497 e. The average Bonchev–Trinajstić information content (AvgIpc) is 3.35. The highest BCUT2D eigenvalue weighted by atomic mass is 16.5. The fraction of sp³-hybridized carbons (Fsp3) is 0.160. The van der Waals surface area contributed by atoms with E-state index in [1.807, 2.05) is 79.0 Å². The molecule has 0 saturated carbocycles. The summed E-state index contributed by atoms with van der Waals surface area (Å²) in [5.41, 5.74) is 4.94. The number of pyridine rings is 1. The minimum atomic E-state index is -0.682. The molecule has 0 radical (unpaired) electrons. The molecule has 0 saturated heterocycles. The van der Waals surface area contributed by atoms with Crippen LogP contribution in [0, 0.1) is 25.2 Å². The Morgan fingerprint density at radius 1 is 1.19 bits per heavy atom. The third kappa shape index (κ3) is 4.12. The number of fused-ring (bicyclic) bond motifs is 1. The smallest absolute Gasteiger partial charge is 0.349 e. The van der Waals surface area contributed by atoms with E-state index >= 15 is 0 Å². The number of nitriles is 1. The number of benzene rings is 1. The van der Waals surface area contributed by atoms with Gasteiger partial charge in [-0.1, -0.05) is 6.07 Å². The molecule has 4 rings (SSSR count). The number of carbonyl (C=O) groups excluding carboxylic acids is 1. The van der Waals surface area contributed by atoms with Gasteiger partial charge in [0.25, 0.3) is 0 Å². The van der Waals surface area contributed by atoms with Crippen molar-refractivity contribution in [2.24, 2.45) is 0 Å². The fourth-order valence-electron chi connectivity index (χ4n) is 3.63. The van der Waals surface area contributed by atoms with Gasteiger partial charge in [-0.05, 0) is 68.0 Å². The molecule has 0 amide bonds. The Balaban J connectivity index is 1.54. The highest BCUT2D eigenvalue weighted by Crippen LogP contribution is 2.24. The molecule has 1 aromatic carbocycles. The van der Waals surface area contributed by atoms with Gasteiger partial charge in [0.2, 0.25) is 0 Å². The lowest BCUT2D eigenvalue weighted by molar-refractivity contribution is -0.139. The van der Waals surface area contributed by atoms with Crippen molar-refractivity contribution in [3.8, 4) is 17.5 Å². The Bertz CT molecular complexity index is 1320. The van der Waals surface area contributed by atoms with Crippen molar-refractivity contribution in [3.05, 3.63) is 89.1 Å². The molecular formula is C25H22N4O3. The highest BCUT2D eigenvalue weighted by molar-refractivity contribution is 5.98. The van der Waals surface area contributed by atoms with Crippen LogP contribution >= 0.6 is 0 Å². The Hall–Kier alpha value is -4.31. The fourth-order valence-corrected chi connectivity index (χ4v) is 3.63. The molecule has 32 heavy (non-hydrogen) atoms. The Labute approximate surface area is 185 Å². The summed E-state index contributed by atoms with van der Waals surface area (Å²) >= 11 is 0. The van der Waals surface area contributed by atoms with Crippen LogP contribution in [0.15, 0.2) is 66.5 Å². The molecule has 4 aromatic rings.